The lowest BCUT2D eigenvalue weighted by Gasteiger charge is -2.38. The molecule has 52 heavy (non-hydrogen) atoms. The zero-order valence-electron chi connectivity index (χ0n) is 29.8. The Morgan fingerprint density at radius 3 is 2.35 bits per heavy atom. The number of benzene rings is 2. The first-order chi connectivity index (χ1) is 25.2. The molecule has 4 amide bonds. The lowest BCUT2D eigenvalue weighted by molar-refractivity contribution is -0.120. The van der Waals surface area contributed by atoms with Gasteiger partial charge in [-0.05, 0) is 78.9 Å². The monoisotopic (exact) mass is 708 g/mol. The van der Waals surface area contributed by atoms with Crippen LogP contribution in [0.2, 0.25) is 0 Å². The van der Waals surface area contributed by atoms with Crippen LogP contribution >= 0.6 is 0 Å². The van der Waals surface area contributed by atoms with Crippen LogP contribution < -0.4 is 30.0 Å². The van der Waals surface area contributed by atoms with Gasteiger partial charge in [0.1, 0.15) is 11.9 Å². The summed E-state index contributed by atoms with van der Waals surface area (Å²) in [4.78, 5) is 60.3. The van der Waals surface area contributed by atoms with E-state index in [0.717, 1.165) is 61.8 Å². The highest BCUT2D eigenvalue weighted by Crippen LogP contribution is 2.36. The summed E-state index contributed by atoms with van der Waals surface area (Å²) in [5.74, 6) is 1.93. The van der Waals surface area contributed by atoms with E-state index < -0.39 is 6.03 Å². The second kappa shape index (κ2) is 15.0. The molecule has 3 aliphatic rings. The number of amides is 4. The highest BCUT2D eigenvalue weighted by Gasteiger charge is 2.30. The number of carbonyl (C=O) groups excluding carboxylic acids is 3. The molecule has 0 aliphatic carbocycles. The zero-order chi connectivity index (χ0) is 36.4. The zero-order valence-corrected chi connectivity index (χ0v) is 29.8. The van der Waals surface area contributed by atoms with Gasteiger partial charge in [-0.3, -0.25) is 29.6 Å². The highest BCUT2D eigenvalue weighted by molar-refractivity contribution is 6.07. The van der Waals surface area contributed by atoms with Gasteiger partial charge in [0, 0.05) is 82.5 Å². The van der Waals surface area contributed by atoms with Crippen LogP contribution in [0.15, 0.2) is 65.8 Å². The molecule has 3 aliphatic heterocycles. The second-order valence-electron chi connectivity index (χ2n) is 13.7. The SMILES string of the molecule is COc1cc(-c2cn(C)c(=O)c3cnccc23)ccc1OC1CCN(CC2CCN(C(=O)c3ccc(OC)c(N4CCC(=O)NC4=O)c3)CC2)CC1. The number of rotatable bonds is 9. The smallest absolute Gasteiger partial charge is 0.328 e. The summed E-state index contributed by atoms with van der Waals surface area (Å²) in [6.45, 7) is 4.44. The van der Waals surface area contributed by atoms with Crippen molar-refractivity contribution in [1.82, 2.24) is 24.7 Å². The number of hydrogen-bond donors (Lipinski definition) is 1. The van der Waals surface area contributed by atoms with Crippen molar-refractivity contribution in [2.45, 2.75) is 38.2 Å². The number of ether oxygens (including phenoxy) is 3. The molecule has 0 atom stereocenters. The lowest BCUT2D eigenvalue weighted by atomic mass is 9.94. The van der Waals surface area contributed by atoms with Gasteiger partial charge in [0.2, 0.25) is 5.91 Å². The Morgan fingerprint density at radius 2 is 1.62 bits per heavy atom. The van der Waals surface area contributed by atoms with Crippen molar-refractivity contribution in [3.8, 4) is 28.4 Å². The summed E-state index contributed by atoms with van der Waals surface area (Å²) in [7, 11) is 4.90. The highest BCUT2D eigenvalue weighted by atomic mass is 16.5. The van der Waals surface area contributed by atoms with Crippen molar-refractivity contribution in [3.63, 3.8) is 0 Å². The predicted octanol–water partition coefficient (Wildman–Crippen LogP) is 4.46. The van der Waals surface area contributed by atoms with E-state index in [4.69, 9.17) is 14.2 Å². The Morgan fingerprint density at radius 1 is 0.865 bits per heavy atom. The average Bonchev–Trinajstić information content (AvgIpc) is 3.17. The summed E-state index contributed by atoms with van der Waals surface area (Å²) in [5.41, 5.74) is 2.73. The fourth-order valence-corrected chi connectivity index (χ4v) is 7.56. The number of hydrogen-bond acceptors (Lipinski definition) is 9. The van der Waals surface area contributed by atoms with Crippen LogP contribution in [0.1, 0.15) is 42.5 Å². The van der Waals surface area contributed by atoms with Gasteiger partial charge in [-0.25, -0.2) is 4.79 Å². The lowest BCUT2D eigenvalue weighted by Crippen LogP contribution is -2.49. The maximum absolute atomic E-state index is 13.5. The number of imide groups is 1. The fourth-order valence-electron chi connectivity index (χ4n) is 7.56. The summed E-state index contributed by atoms with van der Waals surface area (Å²) < 4.78 is 19.3. The van der Waals surface area contributed by atoms with Gasteiger partial charge in [-0.15, -0.1) is 0 Å². The maximum atomic E-state index is 13.5. The average molecular weight is 709 g/mol. The van der Waals surface area contributed by atoms with Gasteiger partial charge in [-0.1, -0.05) is 6.07 Å². The molecule has 3 fully saturated rings. The number of likely N-dealkylation sites (tertiary alicyclic amines) is 2. The normalized spacial score (nSPS) is 17.7. The fraction of sp³-hybridized carbons (Fsp3) is 0.410. The number of urea groups is 1. The molecule has 5 heterocycles. The van der Waals surface area contributed by atoms with E-state index >= 15 is 0 Å². The van der Waals surface area contributed by atoms with Crippen molar-refractivity contribution >= 4 is 34.3 Å². The minimum atomic E-state index is -0.518. The number of nitrogens with zero attached hydrogens (tertiary/aromatic N) is 5. The van der Waals surface area contributed by atoms with Crippen LogP contribution in [0.4, 0.5) is 10.5 Å². The number of aromatic nitrogens is 2. The Hall–Kier alpha value is -5.43. The predicted molar refractivity (Wildman–Crippen MR) is 196 cm³/mol. The Kier molecular flexibility index (Phi) is 10.1. The van der Waals surface area contributed by atoms with Crippen LogP contribution in [-0.4, -0.2) is 96.8 Å². The number of carbonyl (C=O) groups is 3. The first kappa shape index (κ1) is 35.0. The van der Waals surface area contributed by atoms with E-state index in [0.29, 0.717) is 52.9 Å². The minimum Gasteiger partial charge on any atom is -0.495 e. The first-order valence-corrected chi connectivity index (χ1v) is 17.8. The largest absolute Gasteiger partial charge is 0.495 e. The quantitative estimate of drug-likeness (QED) is 0.268. The summed E-state index contributed by atoms with van der Waals surface area (Å²) >= 11 is 0. The third-order valence-electron chi connectivity index (χ3n) is 10.5. The third kappa shape index (κ3) is 7.18. The van der Waals surface area contributed by atoms with Gasteiger partial charge >= 0.3 is 6.03 Å². The van der Waals surface area contributed by atoms with E-state index in [1.807, 2.05) is 35.4 Å². The molecular weight excluding hydrogens is 664 g/mol. The van der Waals surface area contributed by atoms with E-state index in [2.05, 4.69) is 15.2 Å². The molecule has 2 aromatic carbocycles. The third-order valence-corrected chi connectivity index (χ3v) is 10.5. The Balaban J connectivity index is 0.913. The Labute approximate surface area is 302 Å². The summed E-state index contributed by atoms with van der Waals surface area (Å²) in [6, 6.07) is 12.4. The molecule has 272 valence electrons. The van der Waals surface area contributed by atoms with E-state index in [1.165, 1.54) is 12.0 Å². The number of aryl methyl sites for hydroxylation is 1. The number of piperidine rings is 2. The molecular formula is C39H44N6O7. The van der Waals surface area contributed by atoms with E-state index in [1.54, 1.807) is 49.3 Å². The molecule has 4 aromatic rings. The van der Waals surface area contributed by atoms with Crippen LogP contribution in [0.3, 0.4) is 0 Å². The van der Waals surface area contributed by atoms with Crippen molar-refractivity contribution in [2.24, 2.45) is 13.0 Å². The van der Waals surface area contributed by atoms with Crippen molar-refractivity contribution in [3.05, 3.63) is 77.0 Å². The van der Waals surface area contributed by atoms with Crippen molar-refractivity contribution < 1.29 is 28.6 Å². The first-order valence-electron chi connectivity index (χ1n) is 17.8. The molecule has 2 aromatic heterocycles. The molecule has 1 N–H and O–H groups in total. The van der Waals surface area contributed by atoms with Crippen molar-refractivity contribution in [1.29, 1.82) is 0 Å². The standard InChI is InChI=1S/C39H44N6O7/c1-42-24-31(29-8-14-40-22-30(29)38(42)48)26-4-7-34(35(21-26)51-3)52-28-11-15-43(16-12-28)23-25-9-17-44(18-10-25)37(47)27-5-6-33(50-2)32(20-27)45-19-13-36(46)41-39(45)49/h4-8,14,20-22,24-25,28H,9-13,15-19,23H2,1-3H3,(H,41,46,49). The number of nitrogens with one attached hydrogen (secondary N) is 1. The molecule has 0 spiro atoms. The van der Waals surface area contributed by atoms with Gasteiger partial charge in [-0.2, -0.15) is 0 Å². The van der Waals surface area contributed by atoms with Gasteiger partial charge < -0.3 is 28.6 Å². The van der Waals surface area contributed by atoms with Crippen LogP contribution in [0.25, 0.3) is 21.9 Å². The van der Waals surface area contributed by atoms with Crippen LogP contribution in [0.5, 0.6) is 17.2 Å². The van der Waals surface area contributed by atoms with Gasteiger partial charge in [0.15, 0.2) is 11.5 Å². The van der Waals surface area contributed by atoms with Gasteiger partial charge in [0.05, 0.1) is 25.3 Å². The van der Waals surface area contributed by atoms with E-state index in [-0.39, 0.29) is 36.4 Å². The molecule has 0 radical (unpaired) electrons. The summed E-state index contributed by atoms with van der Waals surface area (Å²) in [5, 5.41) is 3.75. The maximum Gasteiger partial charge on any atom is 0.328 e. The van der Waals surface area contributed by atoms with Crippen LogP contribution in [0, 0.1) is 5.92 Å². The topological polar surface area (TPSA) is 136 Å². The van der Waals surface area contributed by atoms with Crippen molar-refractivity contribution in [2.75, 3.05) is 58.4 Å². The number of methoxy groups -OCH3 is 2. The summed E-state index contributed by atoms with van der Waals surface area (Å²) in [6.07, 6.45) is 9.07. The molecule has 13 heteroatoms. The second-order valence-corrected chi connectivity index (χ2v) is 13.7. The molecule has 13 nitrogen and oxygen atoms in total. The molecule has 0 unspecified atom stereocenters. The van der Waals surface area contributed by atoms with Gasteiger partial charge in [0.25, 0.3) is 11.5 Å². The van der Waals surface area contributed by atoms with E-state index in [9.17, 15) is 19.2 Å². The molecule has 0 saturated carbocycles. The number of fused-ring (bicyclic) bond motifs is 1. The molecule has 0 bridgehead atoms. The molecule has 7 rings (SSSR count). The Bertz CT molecular complexity index is 2050. The van der Waals surface area contributed by atoms with Crippen LogP contribution in [-0.2, 0) is 11.8 Å². The minimum absolute atomic E-state index is 0.0720. The molecule has 3 saturated heterocycles. The number of pyridine rings is 2. The number of anilines is 1.